The highest BCUT2D eigenvalue weighted by Crippen LogP contribution is 2.28. The van der Waals surface area contributed by atoms with Crippen LogP contribution in [0.5, 0.6) is 5.75 Å². The number of amides is 2. The molecule has 1 unspecified atom stereocenters. The Bertz CT molecular complexity index is 799. The van der Waals surface area contributed by atoms with Crippen molar-refractivity contribution in [3.05, 3.63) is 29.3 Å². The van der Waals surface area contributed by atoms with Crippen LogP contribution < -0.4 is 4.18 Å². The van der Waals surface area contributed by atoms with Crippen molar-refractivity contribution in [2.45, 2.75) is 45.6 Å². The maximum Gasteiger partial charge on any atom is 0.412 e. The minimum absolute atomic E-state index is 0.0275. The summed E-state index contributed by atoms with van der Waals surface area (Å²) in [5.74, 6) is -0.771. The molecule has 2 fully saturated rings. The minimum atomic E-state index is -4.38. The summed E-state index contributed by atoms with van der Waals surface area (Å²) >= 11 is 0. The summed E-state index contributed by atoms with van der Waals surface area (Å²) < 4.78 is 31.1. The molecule has 0 spiro atoms. The number of carbonyl (C=O) groups excluding carboxylic acids is 2. The maximum absolute atomic E-state index is 12.7. The molecule has 2 aliphatic rings. The van der Waals surface area contributed by atoms with Gasteiger partial charge in [-0.1, -0.05) is 6.07 Å². The summed E-state index contributed by atoms with van der Waals surface area (Å²) in [6, 6.07) is 3.89. The lowest BCUT2D eigenvalue weighted by Crippen LogP contribution is -2.49. The maximum atomic E-state index is 12.7. The van der Waals surface area contributed by atoms with Crippen molar-refractivity contribution in [1.29, 1.82) is 0 Å². The third kappa shape index (κ3) is 3.49. The first-order valence-electron chi connectivity index (χ1n) is 8.42. The van der Waals surface area contributed by atoms with Crippen LogP contribution in [-0.4, -0.2) is 48.6 Å². The van der Waals surface area contributed by atoms with Gasteiger partial charge in [-0.15, -0.1) is 0 Å². The molecule has 136 valence electrons. The Kier molecular flexibility index (Phi) is 4.73. The molecule has 3 rings (SSSR count). The Labute approximate surface area is 147 Å². The van der Waals surface area contributed by atoms with Crippen molar-refractivity contribution in [2.24, 2.45) is 0 Å². The van der Waals surface area contributed by atoms with E-state index in [1.165, 1.54) is 6.07 Å². The zero-order chi connectivity index (χ0) is 18.2. The number of rotatable bonds is 4. The van der Waals surface area contributed by atoms with Crippen molar-refractivity contribution in [3.8, 4) is 5.75 Å². The van der Waals surface area contributed by atoms with Crippen molar-refractivity contribution in [3.63, 3.8) is 0 Å². The summed E-state index contributed by atoms with van der Waals surface area (Å²) in [5, 5.41) is 0. The summed E-state index contributed by atoms with van der Waals surface area (Å²) in [5.41, 5.74) is 1.88. The van der Waals surface area contributed by atoms with Crippen LogP contribution in [0.25, 0.3) is 0 Å². The molecular weight excluding hydrogens is 344 g/mol. The minimum Gasteiger partial charge on any atom is -0.367 e. The van der Waals surface area contributed by atoms with Crippen molar-refractivity contribution >= 4 is 22.1 Å². The van der Waals surface area contributed by atoms with E-state index in [0.29, 0.717) is 17.4 Å². The fourth-order valence-electron chi connectivity index (χ4n) is 3.24. The zero-order valence-corrected chi connectivity index (χ0v) is 15.2. The van der Waals surface area contributed by atoms with E-state index < -0.39 is 22.3 Å². The molecule has 2 aliphatic heterocycles. The van der Waals surface area contributed by atoms with Gasteiger partial charge in [0.05, 0.1) is 0 Å². The first kappa shape index (κ1) is 17.7. The standard InChI is InChI=1S/C17H22N2O5S/c1-12-5-6-14(11-13(12)2)24-25(22,23)19-15(7-8-16(19)20)17(21)18-9-3-4-10-18/h5-6,11,15H,3-4,7-10H2,1-2H3. The van der Waals surface area contributed by atoms with Gasteiger partial charge in [0.2, 0.25) is 11.8 Å². The molecule has 25 heavy (non-hydrogen) atoms. The van der Waals surface area contributed by atoms with Gasteiger partial charge in [0.25, 0.3) is 0 Å². The van der Waals surface area contributed by atoms with E-state index in [2.05, 4.69) is 0 Å². The van der Waals surface area contributed by atoms with Gasteiger partial charge in [-0.3, -0.25) is 9.59 Å². The normalized spacial score (nSPS) is 21.0. The van der Waals surface area contributed by atoms with Crippen LogP contribution in [0.2, 0.25) is 0 Å². The predicted octanol–water partition coefficient (Wildman–Crippen LogP) is 1.54. The average Bonchev–Trinajstić information content (AvgIpc) is 3.19. The highest BCUT2D eigenvalue weighted by atomic mass is 32.2. The fourth-order valence-corrected chi connectivity index (χ4v) is 4.52. The molecule has 0 bridgehead atoms. The van der Waals surface area contributed by atoms with Crippen molar-refractivity contribution < 1.29 is 22.2 Å². The van der Waals surface area contributed by atoms with Gasteiger partial charge in [-0.2, -0.15) is 12.7 Å². The van der Waals surface area contributed by atoms with Crippen LogP contribution >= 0.6 is 0 Å². The lowest BCUT2D eigenvalue weighted by molar-refractivity contribution is -0.137. The van der Waals surface area contributed by atoms with Crippen molar-refractivity contribution in [2.75, 3.05) is 13.1 Å². The summed E-state index contributed by atoms with van der Waals surface area (Å²) in [4.78, 5) is 26.4. The van der Waals surface area contributed by atoms with E-state index >= 15 is 0 Å². The fraction of sp³-hybridized carbons (Fsp3) is 0.529. The number of benzene rings is 1. The lowest BCUT2D eigenvalue weighted by Gasteiger charge is -2.26. The monoisotopic (exact) mass is 366 g/mol. The third-order valence-corrected chi connectivity index (χ3v) is 6.13. The molecule has 8 heteroatoms. The molecular formula is C17H22N2O5S. The SMILES string of the molecule is Cc1ccc(OS(=O)(=O)N2C(=O)CCC2C(=O)N2CCCC2)cc1C. The second kappa shape index (κ2) is 6.67. The first-order valence-corrected chi connectivity index (χ1v) is 9.79. The summed E-state index contributed by atoms with van der Waals surface area (Å²) in [6.07, 6.45) is 2.03. The Morgan fingerprint density at radius 2 is 1.84 bits per heavy atom. The summed E-state index contributed by atoms with van der Waals surface area (Å²) in [7, 11) is -4.38. The zero-order valence-electron chi connectivity index (χ0n) is 14.4. The van der Waals surface area contributed by atoms with Crippen LogP contribution in [0, 0.1) is 13.8 Å². The Balaban J connectivity index is 1.83. The smallest absolute Gasteiger partial charge is 0.367 e. The molecule has 1 atom stereocenters. The molecule has 0 radical (unpaired) electrons. The van der Waals surface area contributed by atoms with Gasteiger partial charge in [-0.25, -0.2) is 0 Å². The Hall–Kier alpha value is -2.09. The third-order valence-electron chi connectivity index (χ3n) is 4.78. The van der Waals surface area contributed by atoms with Crippen LogP contribution in [0.1, 0.15) is 36.8 Å². The van der Waals surface area contributed by atoms with Crippen LogP contribution in [-0.2, 0) is 19.9 Å². The number of hydrogen-bond donors (Lipinski definition) is 0. The molecule has 1 aromatic carbocycles. The predicted molar refractivity (Wildman–Crippen MR) is 91.1 cm³/mol. The molecule has 0 saturated carbocycles. The van der Waals surface area contributed by atoms with E-state index in [1.54, 1.807) is 17.0 Å². The van der Waals surface area contributed by atoms with Gasteiger partial charge >= 0.3 is 10.3 Å². The van der Waals surface area contributed by atoms with Crippen molar-refractivity contribution in [1.82, 2.24) is 9.21 Å². The molecule has 7 nitrogen and oxygen atoms in total. The molecule has 0 aliphatic carbocycles. The lowest BCUT2D eigenvalue weighted by atomic mass is 10.1. The van der Waals surface area contributed by atoms with Crippen LogP contribution in [0.4, 0.5) is 0 Å². The second-order valence-corrected chi connectivity index (χ2v) is 7.98. The second-order valence-electron chi connectivity index (χ2n) is 6.56. The molecule has 1 aromatic rings. The van der Waals surface area contributed by atoms with Crippen LogP contribution in [0.3, 0.4) is 0 Å². The Morgan fingerprint density at radius 3 is 2.48 bits per heavy atom. The molecule has 0 aromatic heterocycles. The van der Waals surface area contributed by atoms with Crippen LogP contribution in [0.15, 0.2) is 18.2 Å². The number of carbonyl (C=O) groups is 2. The van der Waals surface area contributed by atoms with E-state index in [-0.39, 0.29) is 24.5 Å². The van der Waals surface area contributed by atoms with E-state index in [9.17, 15) is 18.0 Å². The van der Waals surface area contributed by atoms with Gasteiger partial charge in [-0.05, 0) is 56.4 Å². The number of likely N-dealkylation sites (tertiary alicyclic amines) is 1. The van der Waals surface area contributed by atoms with E-state index in [0.717, 1.165) is 24.0 Å². The number of nitrogens with zero attached hydrogens (tertiary/aromatic N) is 2. The number of aryl methyl sites for hydroxylation is 2. The Morgan fingerprint density at radius 1 is 1.16 bits per heavy atom. The molecule has 2 amide bonds. The number of hydrogen-bond acceptors (Lipinski definition) is 5. The first-order chi connectivity index (χ1) is 11.8. The quantitative estimate of drug-likeness (QED) is 0.807. The molecule has 0 N–H and O–H groups in total. The molecule has 2 saturated heterocycles. The van der Waals surface area contributed by atoms with Gasteiger partial charge in [0.15, 0.2) is 0 Å². The van der Waals surface area contributed by atoms with E-state index in [4.69, 9.17) is 4.18 Å². The largest absolute Gasteiger partial charge is 0.412 e. The highest BCUT2D eigenvalue weighted by Gasteiger charge is 2.46. The molecule has 2 heterocycles. The van der Waals surface area contributed by atoms with Gasteiger partial charge in [0, 0.05) is 19.5 Å². The van der Waals surface area contributed by atoms with Gasteiger partial charge < -0.3 is 9.08 Å². The summed E-state index contributed by atoms with van der Waals surface area (Å²) in [6.45, 7) is 4.96. The topological polar surface area (TPSA) is 84.0 Å². The average molecular weight is 366 g/mol. The van der Waals surface area contributed by atoms with Gasteiger partial charge in [0.1, 0.15) is 11.8 Å². The highest BCUT2D eigenvalue weighted by molar-refractivity contribution is 7.85. The van der Waals surface area contributed by atoms with E-state index in [1.807, 2.05) is 13.8 Å².